The highest BCUT2D eigenvalue weighted by molar-refractivity contribution is 5.92. The second-order valence-corrected chi connectivity index (χ2v) is 4.86. The molecule has 1 aliphatic heterocycles. The number of nitrogens with zero attached hydrogens (tertiary/aromatic N) is 3. The number of rotatable bonds is 2. The third-order valence-electron chi connectivity index (χ3n) is 3.53. The van der Waals surface area contributed by atoms with Crippen molar-refractivity contribution in [2.75, 3.05) is 13.1 Å². The van der Waals surface area contributed by atoms with Crippen LogP contribution in [0.3, 0.4) is 0 Å². The normalized spacial score (nSPS) is 15.7. The number of carbonyl (C=O) groups is 1. The van der Waals surface area contributed by atoms with Gasteiger partial charge in [0.2, 0.25) is 0 Å². The molecule has 2 aromatic rings. The van der Waals surface area contributed by atoms with Gasteiger partial charge in [-0.25, -0.2) is 0 Å². The fourth-order valence-corrected chi connectivity index (χ4v) is 2.46. The van der Waals surface area contributed by atoms with E-state index in [0.29, 0.717) is 11.5 Å². The minimum atomic E-state index is -0.00637. The Balaban J connectivity index is 1.81. The number of likely N-dealkylation sites (tertiary alicyclic amines) is 1. The Bertz CT molecular complexity index is 579. The van der Waals surface area contributed by atoms with E-state index in [0.717, 1.165) is 31.6 Å². The van der Waals surface area contributed by atoms with Gasteiger partial charge in [-0.3, -0.25) is 9.48 Å². The highest BCUT2D eigenvalue weighted by Crippen LogP contribution is 2.22. The Morgan fingerprint density at radius 3 is 2.68 bits per heavy atom. The molecule has 0 saturated carbocycles. The number of hydrogen-bond donors (Lipinski definition) is 0. The second-order valence-electron chi connectivity index (χ2n) is 4.86. The van der Waals surface area contributed by atoms with Crippen LogP contribution < -0.4 is 0 Å². The lowest BCUT2D eigenvalue weighted by Crippen LogP contribution is -2.35. The first-order chi connectivity index (χ1) is 9.25. The van der Waals surface area contributed by atoms with E-state index in [9.17, 15) is 4.79 Å². The van der Waals surface area contributed by atoms with Gasteiger partial charge in [-0.05, 0) is 37.5 Å². The lowest BCUT2D eigenvalue weighted by atomic mass is 10.1. The van der Waals surface area contributed by atoms with Crippen LogP contribution in [0, 0.1) is 0 Å². The van der Waals surface area contributed by atoms with E-state index in [1.165, 1.54) is 6.42 Å². The summed E-state index contributed by atoms with van der Waals surface area (Å²) in [5.41, 5.74) is 0.873. The number of amides is 1. The van der Waals surface area contributed by atoms with E-state index < -0.39 is 0 Å². The van der Waals surface area contributed by atoms with Crippen LogP contribution in [0.15, 0.2) is 28.8 Å². The first-order valence-electron chi connectivity index (χ1n) is 6.63. The van der Waals surface area contributed by atoms with Gasteiger partial charge in [0.15, 0.2) is 11.5 Å². The average molecular weight is 259 g/mol. The third-order valence-corrected chi connectivity index (χ3v) is 3.53. The standard InChI is InChI=1S/C14H17N3O2/c1-16-11(7-8-15-16)12-5-6-13(19-12)14(18)17-9-3-2-4-10-17/h5-8H,2-4,9-10H2,1H3. The fraction of sp³-hybridized carbons (Fsp3) is 0.429. The monoisotopic (exact) mass is 259 g/mol. The van der Waals surface area contributed by atoms with Crippen molar-refractivity contribution in [3.8, 4) is 11.5 Å². The van der Waals surface area contributed by atoms with E-state index in [2.05, 4.69) is 5.10 Å². The maximum absolute atomic E-state index is 12.3. The van der Waals surface area contributed by atoms with E-state index in [1.54, 1.807) is 16.9 Å². The van der Waals surface area contributed by atoms with Crippen molar-refractivity contribution in [2.24, 2.45) is 7.05 Å². The molecule has 100 valence electrons. The van der Waals surface area contributed by atoms with Gasteiger partial charge in [0.05, 0.1) is 0 Å². The van der Waals surface area contributed by atoms with Crippen LogP contribution in [0.4, 0.5) is 0 Å². The van der Waals surface area contributed by atoms with Gasteiger partial charge in [-0.2, -0.15) is 5.10 Å². The minimum absolute atomic E-state index is 0.00637. The summed E-state index contributed by atoms with van der Waals surface area (Å²) < 4.78 is 7.40. The zero-order valence-corrected chi connectivity index (χ0v) is 11.0. The van der Waals surface area contributed by atoms with Gasteiger partial charge < -0.3 is 9.32 Å². The first kappa shape index (κ1) is 12.0. The van der Waals surface area contributed by atoms with E-state index in [-0.39, 0.29) is 5.91 Å². The summed E-state index contributed by atoms with van der Waals surface area (Å²) in [6.45, 7) is 1.67. The maximum atomic E-state index is 12.3. The predicted octanol–water partition coefficient (Wildman–Crippen LogP) is 2.31. The Morgan fingerprint density at radius 2 is 2.00 bits per heavy atom. The molecule has 1 amide bonds. The molecule has 0 aromatic carbocycles. The molecule has 3 rings (SSSR count). The molecule has 5 nitrogen and oxygen atoms in total. The molecule has 0 N–H and O–H groups in total. The molecule has 1 fully saturated rings. The van der Waals surface area contributed by atoms with Crippen molar-refractivity contribution in [2.45, 2.75) is 19.3 Å². The van der Waals surface area contributed by atoms with Crippen molar-refractivity contribution in [1.29, 1.82) is 0 Å². The summed E-state index contributed by atoms with van der Waals surface area (Å²) in [6.07, 6.45) is 5.09. The van der Waals surface area contributed by atoms with Gasteiger partial charge in [0.1, 0.15) is 5.69 Å². The number of furan rings is 1. The Morgan fingerprint density at radius 1 is 1.21 bits per heavy atom. The lowest BCUT2D eigenvalue weighted by molar-refractivity contribution is 0.0693. The molecule has 0 bridgehead atoms. The summed E-state index contributed by atoms with van der Waals surface area (Å²) >= 11 is 0. The summed E-state index contributed by atoms with van der Waals surface area (Å²) in [7, 11) is 1.85. The Kier molecular flexibility index (Phi) is 3.11. The van der Waals surface area contributed by atoms with E-state index in [1.807, 2.05) is 24.1 Å². The predicted molar refractivity (Wildman–Crippen MR) is 70.7 cm³/mol. The summed E-state index contributed by atoms with van der Waals surface area (Å²) in [4.78, 5) is 14.1. The van der Waals surface area contributed by atoms with Gasteiger partial charge in [0, 0.05) is 26.3 Å². The second kappa shape index (κ2) is 4.91. The minimum Gasteiger partial charge on any atom is -0.449 e. The number of aromatic nitrogens is 2. The first-order valence-corrected chi connectivity index (χ1v) is 6.63. The summed E-state index contributed by atoms with van der Waals surface area (Å²) in [5.74, 6) is 1.09. The van der Waals surface area contributed by atoms with Crippen molar-refractivity contribution >= 4 is 5.91 Å². The topological polar surface area (TPSA) is 51.3 Å². The van der Waals surface area contributed by atoms with Gasteiger partial charge >= 0.3 is 0 Å². The molecule has 1 saturated heterocycles. The molecule has 0 spiro atoms. The van der Waals surface area contributed by atoms with Gasteiger partial charge in [-0.1, -0.05) is 0 Å². The maximum Gasteiger partial charge on any atom is 0.289 e. The van der Waals surface area contributed by atoms with E-state index >= 15 is 0 Å². The zero-order valence-electron chi connectivity index (χ0n) is 11.0. The number of carbonyl (C=O) groups excluding carboxylic acids is 1. The summed E-state index contributed by atoms with van der Waals surface area (Å²) in [6, 6.07) is 5.45. The zero-order chi connectivity index (χ0) is 13.2. The van der Waals surface area contributed by atoms with Crippen molar-refractivity contribution in [3.05, 3.63) is 30.2 Å². The molecule has 1 aliphatic rings. The largest absolute Gasteiger partial charge is 0.449 e. The lowest BCUT2D eigenvalue weighted by Gasteiger charge is -2.25. The Hall–Kier alpha value is -2.04. The van der Waals surface area contributed by atoms with Crippen LogP contribution in [0.1, 0.15) is 29.8 Å². The molecule has 0 unspecified atom stereocenters. The average Bonchev–Trinajstić information content (AvgIpc) is 3.07. The van der Waals surface area contributed by atoms with Crippen LogP contribution >= 0.6 is 0 Å². The van der Waals surface area contributed by atoms with Crippen LogP contribution in [0.2, 0.25) is 0 Å². The van der Waals surface area contributed by atoms with Crippen LogP contribution in [0.5, 0.6) is 0 Å². The molecular weight excluding hydrogens is 242 g/mol. The molecule has 19 heavy (non-hydrogen) atoms. The number of hydrogen-bond acceptors (Lipinski definition) is 3. The fourth-order valence-electron chi connectivity index (χ4n) is 2.46. The SMILES string of the molecule is Cn1nccc1-c1ccc(C(=O)N2CCCCC2)o1. The van der Waals surface area contributed by atoms with Crippen LogP contribution in [-0.4, -0.2) is 33.7 Å². The van der Waals surface area contributed by atoms with Crippen molar-refractivity contribution in [1.82, 2.24) is 14.7 Å². The molecule has 0 radical (unpaired) electrons. The van der Waals surface area contributed by atoms with Crippen molar-refractivity contribution < 1.29 is 9.21 Å². The molecule has 0 aliphatic carbocycles. The number of piperidine rings is 1. The highest BCUT2D eigenvalue weighted by atomic mass is 16.4. The van der Waals surface area contributed by atoms with Gasteiger partial charge in [-0.15, -0.1) is 0 Å². The third kappa shape index (κ3) is 2.28. The van der Waals surface area contributed by atoms with Crippen molar-refractivity contribution in [3.63, 3.8) is 0 Å². The highest BCUT2D eigenvalue weighted by Gasteiger charge is 2.21. The smallest absolute Gasteiger partial charge is 0.289 e. The molecule has 2 aromatic heterocycles. The molecule has 0 atom stereocenters. The summed E-state index contributed by atoms with van der Waals surface area (Å²) in [5, 5.41) is 4.10. The quantitative estimate of drug-likeness (QED) is 0.831. The molecule has 5 heteroatoms. The molecular formula is C14H17N3O2. The Labute approximate surface area is 111 Å². The molecule has 3 heterocycles. The van der Waals surface area contributed by atoms with E-state index in [4.69, 9.17) is 4.42 Å². The van der Waals surface area contributed by atoms with Crippen LogP contribution in [0.25, 0.3) is 11.5 Å². The van der Waals surface area contributed by atoms with Crippen LogP contribution in [-0.2, 0) is 7.05 Å². The number of aryl methyl sites for hydroxylation is 1. The van der Waals surface area contributed by atoms with Gasteiger partial charge in [0.25, 0.3) is 5.91 Å².